The fourth-order valence-corrected chi connectivity index (χ4v) is 4.81. The highest BCUT2D eigenvalue weighted by Crippen LogP contribution is 2.31. The van der Waals surface area contributed by atoms with Crippen LogP contribution < -0.4 is 14.8 Å². The van der Waals surface area contributed by atoms with Crippen molar-refractivity contribution in [2.24, 2.45) is 5.92 Å². The zero-order chi connectivity index (χ0) is 24.0. The lowest BCUT2D eigenvalue weighted by molar-refractivity contribution is -0.137. The molecule has 3 rings (SSSR count). The average molecular weight is 486 g/mol. The molecule has 3 amide bonds. The van der Waals surface area contributed by atoms with Gasteiger partial charge < -0.3 is 14.7 Å². The molecule has 1 atom stereocenters. The number of carboxylic acids is 1. The average Bonchev–Trinajstić information content (AvgIpc) is 3.49. The van der Waals surface area contributed by atoms with Gasteiger partial charge in [-0.05, 0) is 49.3 Å². The maximum atomic E-state index is 14.1. The standard InChI is InChI=1S/C21H28FN3O7S/c22-16-7-6-15(10-18(16)32-13-14-4-5-14)17(11-20(27)28)24-33(30,31)9-3-1-2-8-25-12-19(26)23-21(25)29/h6-7,10,14,17,24H,1-5,8-9,11-13H2,(H,27,28)(H,23,26,29)/t17-/m1/s1. The normalized spacial score (nSPS) is 17.2. The van der Waals surface area contributed by atoms with E-state index in [9.17, 15) is 32.3 Å². The van der Waals surface area contributed by atoms with Gasteiger partial charge in [0.1, 0.15) is 6.54 Å². The van der Waals surface area contributed by atoms with Crippen LogP contribution in [0.4, 0.5) is 9.18 Å². The van der Waals surface area contributed by atoms with Gasteiger partial charge in [0.2, 0.25) is 15.9 Å². The van der Waals surface area contributed by atoms with Crippen molar-refractivity contribution in [3.05, 3.63) is 29.6 Å². The summed E-state index contributed by atoms with van der Waals surface area (Å²) >= 11 is 0. The number of hydrogen-bond acceptors (Lipinski definition) is 6. The largest absolute Gasteiger partial charge is 0.490 e. The van der Waals surface area contributed by atoms with Crippen LogP contribution in [0.25, 0.3) is 0 Å². The van der Waals surface area contributed by atoms with Crippen LogP contribution in [0.1, 0.15) is 50.1 Å². The minimum atomic E-state index is -3.83. The Bertz CT molecular complexity index is 998. The predicted molar refractivity (Wildman–Crippen MR) is 115 cm³/mol. The van der Waals surface area contributed by atoms with E-state index in [0.717, 1.165) is 18.9 Å². The summed E-state index contributed by atoms with van der Waals surface area (Å²) in [6.07, 6.45) is 2.84. The van der Waals surface area contributed by atoms with Crippen LogP contribution in [0.15, 0.2) is 18.2 Å². The molecule has 0 unspecified atom stereocenters. The second kappa shape index (κ2) is 10.9. The lowest BCUT2D eigenvalue weighted by atomic mass is 10.0. The Morgan fingerprint density at radius 3 is 2.67 bits per heavy atom. The van der Waals surface area contributed by atoms with E-state index < -0.39 is 40.3 Å². The van der Waals surface area contributed by atoms with Crippen LogP contribution in [0.3, 0.4) is 0 Å². The van der Waals surface area contributed by atoms with Gasteiger partial charge in [0.15, 0.2) is 11.6 Å². The number of hydrogen-bond donors (Lipinski definition) is 3. The van der Waals surface area contributed by atoms with E-state index in [1.54, 1.807) is 0 Å². The molecule has 3 N–H and O–H groups in total. The number of amides is 3. The fraction of sp³-hybridized carbons (Fsp3) is 0.571. The minimum absolute atomic E-state index is 0.000412. The van der Waals surface area contributed by atoms with E-state index >= 15 is 0 Å². The topological polar surface area (TPSA) is 142 Å². The van der Waals surface area contributed by atoms with Gasteiger partial charge in [-0.2, -0.15) is 0 Å². The smallest absolute Gasteiger partial charge is 0.324 e. The number of carbonyl (C=O) groups excluding carboxylic acids is 2. The molecule has 1 aliphatic carbocycles. The molecule has 182 valence electrons. The Kier molecular flexibility index (Phi) is 8.25. The number of ether oxygens (including phenoxy) is 1. The number of carbonyl (C=O) groups is 3. The zero-order valence-electron chi connectivity index (χ0n) is 18.1. The van der Waals surface area contributed by atoms with Gasteiger partial charge in [-0.25, -0.2) is 22.3 Å². The first-order chi connectivity index (χ1) is 15.6. The molecule has 2 fully saturated rings. The van der Waals surface area contributed by atoms with Crippen LogP contribution in [-0.4, -0.2) is 61.8 Å². The van der Waals surface area contributed by atoms with E-state index in [0.29, 0.717) is 37.5 Å². The highest BCUT2D eigenvalue weighted by molar-refractivity contribution is 7.89. The summed E-state index contributed by atoms with van der Waals surface area (Å²) in [4.78, 5) is 35.3. The predicted octanol–water partition coefficient (Wildman–Crippen LogP) is 1.77. The number of nitrogens with zero attached hydrogens (tertiary/aromatic N) is 1. The third kappa shape index (κ3) is 7.97. The Hall–Kier alpha value is -2.73. The van der Waals surface area contributed by atoms with Gasteiger partial charge in [-0.15, -0.1) is 0 Å². The molecular weight excluding hydrogens is 457 g/mol. The molecule has 1 saturated carbocycles. The Morgan fingerprint density at radius 2 is 2.03 bits per heavy atom. The third-order valence-electron chi connectivity index (χ3n) is 5.44. The Balaban J connectivity index is 1.53. The molecule has 1 aliphatic heterocycles. The molecule has 1 heterocycles. The number of urea groups is 1. The Labute approximate surface area is 191 Å². The second-order valence-corrected chi connectivity index (χ2v) is 10.2. The number of imide groups is 1. The SMILES string of the molecule is O=C(O)C[C@@H](NS(=O)(=O)CCCCCN1CC(=O)NC1=O)c1ccc(F)c(OCC2CC2)c1. The third-order valence-corrected chi connectivity index (χ3v) is 6.91. The monoisotopic (exact) mass is 485 g/mol. The minimum Gasteiger partial charge on any atom is -0.490 e. The van der Waals surface area contributed by atoms with Crippen LogP contribution in [0.2, 0.25) is 0 Å². The van der Waals surface area contributed by atoms with Crippen molar-refractivity contribution in [1.29, 1.82) is 0 Å². The van der Waals surface area contributed by atoms with Gasteiger partial charge in [0.05, 0.1) is 24.8 Å². The molecule has 1 aromatic carbocycles. The summed E-state index contributed by atoms with van der Waals surface area (Å²) in [7, 11) is -3.83. The van der Waals surface area contributed by atoms with Crippen molar-refractivity contribution in [2.75, 3.05) is 25.4 Å². The summed E-state index contributed by atoms with van der Waals surface area (Å²) in [5.74, 6) is -2.03. The van der Waals surface area contributed by atoms with Crippen LogP contribution in [-0.2, 0) is 19.6 Å². The van der Waals surface area contributed by atoms with E-state index in [1.807, 2.05) is 0 Å². The molecule has 0 aromatic heterocycles. The summed E-state index contributed by atoms with van der Waals surface area (Å²) in [6.45, 7) is 0.703. The van der Waals surface area contributed by atoms with Crippen molar-refractivity contribution >= 4 is 27.9 Å². The molecule has 0 bridgehead atoms. The zero-order valence-corrected chi connectivity index (χ0v) is 18.9. The number of carboxylic acid groups (broad SMARTS) is 1. The number of aliphatic carboxylic acids is 1. The van der Waals surface area contributed by atoms with Crippen LogP contribution in [0, 0.1) is 11.7 Å². The van der Waals surface area contributed by atoms with Crippen molar-refractivity contribution in [2.45, 2.75) is 44.6 Å². The van der Waals surface area contributed by atoms with Crippen molar-refractivity contribution in [3.8, 4) is 5.75 Å². The molecule has 0 spiro atoms. The molecule has 1 saturated heterocycles. The summed E-state index contributed by atoms with van der Waals surface area (Å²) in [5, 5.41) is 11.4. The maximum absolute atomic E-state index is 14.1. The summed E-state index contributed by atoms with van der Waals surface area (Å²) in [5.41, 5.74) is 0.304. The molecule has 12 heteroatoms. The Morgan fingerprint density at radius 1 is 1.27 bits per heavy atom. The highest BCUT2D eigenvalue weighted by Gasteiger charge is 2.27. The fourth-order valence-electron chi connectivity index (χ4n) is 3.45. The summed E-state index contributed by atoms with van der Waals surface area (Å²) in [6, 6.07) is 2.30. The number of sulfonamides is 1. The second-order valence-electron chi connectivity index (χ2n) is 8.37. The first-order valence-electron chi connectivity index (χ1n) is 10.9. The van der Waals surface area contributed by atoms with Gasteiger partial charge in [-0.3, -0.25) is 14.9 Å². The van der Waals surface area contributed by atoms with E-state index in [-0.39, 0.29) is 30.4 Å². The number of halogens is 1. The molecule has 2 aliphatic rings. The highest BCUT2D eigenvalue weighted by atomic mass is 32.2. The van der Waals surface area contributed by atoms with E-state index in [1.165, 1.54) is 17.0 Å². The lowest BCUT2D eigenvalue weighted by Gasteiger charge is -2.19. The van der Waals surface area contributed by atoms with Crippen LogP contribution >= 0.6 is 0 Å². The van der Waals surface area contributed by atoms with E-state index in [2.05, 4.69) is 10.0 Å². The van der Waals surface area contributed by atoms with Crippen molar-refractivity contribution in [3.63, 3.8) is 0 Å². The first kappa shape index (κ1) is 24.9. The number of rotatable bonds is 14. The maximum Gasteiger partial charge on any atom is 0.324 e. The molecule has 10 nitrogen and oxygen atoms in total. The van der Waals surface area contributed by atoms with E-state index in [4.69, 9.17) is 4.74 Å². The van der Waals surface area contributed by atoms with Gasteiger partial charge in [0, 0.05) is 6.54 Å². The van der Waals surface area contributed by atoms with Gasteiger partial charge >= 0.3 is 12.0 Å². The number of nitrogens with one attached hydrogen (secondary N) is 2. The quantitative estimate of drug-likeness (QED) is 0.269. The van der Waals surface area contributed by atoms with Crippen LogP contribution in [0.5, 0.6) is 5.75 Å². The number of unbranched alkanes of at least 4 members (excludes halogenated alkanes) is 2. The van der Waals surface area contributed by atoms with Crippen molar-refractivity contribution in [1.82, 2.24) is 14.9 Å². The molecular formula is C21H28FN3O7S. The number of benzene rings is 1. The van der Waals surface area contributed by atoms with Crippen molar-refractivity contribution < 1.29 is 37.0 Å². The molecule has 0 radical (unpaired) electrons. The van der Waals surface area contributed by atoms with Gasteiger partial charge in [-0.1, -0.05) is 12.5 Å². The molecule has 33 heavy (non-hydrogen) atoms. The first-order valence-corrected chi connectivity index (χ1v) is 12.5. The lowest BCUT2D eigenvalue weighted by Crippen LogP contribution is -2.32. The summed E-state index contributed by atoms with van der Waals surface area (Å²) < 4.78 is 47.1. The van der Waals surface area contributed by atoms with Gasteiger partial charge in [0.25, 0.3) is 0 Å². The molecule has 1 aromatic rings.